The summed E-state index contributed by atoms with van der Waals surface area (Å²) in [5.41, 5.74) is 1.52. The summed E-state index contributed by atoms with van der Waals surface area (Å²) in [4.78, 5) is 11.4. The molecule has 0 aliphatic heterocycles. The van der Waals surface area contributed by atoms with Gasteiger partial charge in [-0.05, 0) is 18.7 Å². The first-order valence-corrected chi connectivity index (χ1v) is 5.73. The maximum Gasteiger partial charge on any atom is 0.150 e. The molecule has 0 fully saturated rings. The van der Waals surface area contributed by atoms with Crippen molar-refractivity contribution in [1.82, 2.24) is 5.32 Å². The number of aldehydes is 1. The van der Waals surface area contributed by atoms with Gasteiger partial charge in [-0.3, -0.25) is 4.79 Å². The Balaban J connectivity index is 2.46. The van der Waals surface area contributed by atoms with Crippen molar-refractivity contribution in [1.29, 1.82) is 0 Å². The van der Waals surface area contributed by atoms with E-state index in [0.717, 1.165) is 36.5 Å². The number of benzene rings is 1. The average molecular weight is 236 g/mol. The highest BCUT2D eigenvalue weighted by molar-refractivity contribution is 7.80. The molecule has 86 valence electrons. The molecule has 1 rings (SSSR count). The van der Waals surface area contributed by atoms with Crippen LogP contribution in [0.2, 0.25) is 0 Å². The highest BCUT2D eigenvalue weighted by Crippen LogP contribution is 2.09. The fourth-order valence-electron chi connectivity index (χ4n) is 1.29. The lowest BCUT2D eigenvalue weighted by Crippen LogP contribution is -2.20. The van der Waals surface area contributed by atoms with Crippen molar-refractivity contribution < 1.29 is 4.79 Å². The van der Waals surface area contributed by atoms with E-state index in [9.17, 15) is 4.79 Å². The van der Waals surface area contributed by atoms with Crippen molar-refractivity contribution in [3.8, 4) is 0 Å². The Morgan fingerprint density at radius 3 is 3.00 bits per heavy atom. The summed E-state index contributed by atoms with van der Waals surface area (Å²) in [5.74, 6) is 0. The lowest BCUT2D eigenvalue weighted by atomic mass is 10.2. The highest BCUT2D eigenvalue weighted by Gasteiger charge is 1.98. The fourth-order valence-corrected chi connectivity index (χ4v) is 1.51. The normalized spacial score (nSPS) is 9.81. The molecule has 0 spiro atoms. The smallest absolute Gasteiger partial charge is 0.150 e. The number of rotatable bonds is 6. The zero-order valence-corrected chi connectivity index (χ0v) is 10.1. The summed E-state index contributed by atoms with van der Waals surface area (Å²) in [6.07, 6.45) is 1.63. The Morgan fingerprint density at radius 1 is 1.50 bits per heavy atom. The largest absolute Gasteiger partial charge is 0.350 e. The van der Waals surface area contributed by atoms with Crippen LogP contribution in [0, 0.1) is 0 Å². The van der Waals surface area contributed by atoms with Gasteiger partial charge in [0.05, 0.1) is 4.99 Å². The molecule has 0 aliphatic carbocycles. The minimum absolute atomic E-state index is 0.652. The molecule has 0 bridgehead atoms. The number of thiocarbonyl (C=S) groups is 1. The molecule has 0 heterocycles. The number of carbonyl (C=O) groups is 1. The number of anilines is 1. The maximum atomic E-state index is 10.6. The molecule has 1 aromatic rings. The minimum atomic E-state index is 0.652. The summed E-state index contributed by atoms with van der Waals surface area (Å²) in [7, 11) is 0. The molecule has 0 aliphatic rings. The monoisotopic (exact) mass is 236 g/mol. The Bertz CT molecular complexity index is 366. The maximum absolute atomic E-state index is 10.6. The van der Waals surface area contributed by atoms with E-state index in [1.54, 1.807) is 12.1 Å². The van der Waals surface area contributed by atoms with Gasteiger partial charge in [-0.1, -0.05) is 31.3 Å². The molecule has 3 nitrogen and oxygen atoms in total. The third-order valence-corrected chi connectivity index (χ3v) is 2.39. The number of hydrogen-bond donors (Lipinski definition) is 2. The van der Waals surface area contributed by atoms with Gasteiger partial charge in [0.15, 0.2) is 0 Å². The van der Waals surface area contributed by atoms with Crippen LogP contribution in [0.5, 0.6) is 0 Å². The first-order valence-electron chi connectivity index (χ1n) is 5.32. The zero-order valence-electron chi connectivity index (χ0n) is 9.32. The minimum Gasteiger partial charge on any atom is -0.350 e. The SMILES string of the molecule is CCNCCC(=S)Nc1cccc(C=O)c1. The third-order valence-electron chi connectivity index (χ3n) is 2.09. The predicted octanol–water partition coefficient (Wildman–Crippen LogP) is 2.24. The van der Waals surface area contributed by atoms with Gasteiger partial charge >= 0.3 is 0 Å². The standard InChI is InChI=1S/C12H16N2OS/c1-2-13-7-6-12(16)14-11-5-3-4-10(8-11)9-15/h3-5,8-9,13H,2,6-7H2,1H3,(H,14,16). The van der Waals surface area contributed by atoms with Crippen LogP contribution < -0.4 is 10.6 Å². The van der Waals surface area contributed by atoms with E-state index < -0.39 is 0 Å². The highest BCUT2D eigenvalue weighted by atomic mass is 32.1. The number of nitrogens with one attached hydrogen (secondary N) is 2. The van der Waals surface area contributed by atoms with Crippen LogP contribution in [-0.4, -0.2) is 24.4 Å². The molecule has 16 heavy (non-hydrogen) atoms. The van der Waals surface area contributed by atoms with Crippen LogP contribution in [0.25, 0.3) is 0 Å². The second kappa shape index (κ2) is 7.09. The Kier molecular flexibility index (Phi) is 5.67. The predicted molar refractivity (Wildman–Crippen MR) is 71.2 cm³/mol. The third kappa shape index (κ3) is 4.51. The van der Waals surface area contributed by atoms with Gasteiger partial charge in [-0.25, -0.2) is 0 Å². The molecule has 0 radical (unpaired) electrons. The van der Waals surface area contributed by atoms with Gasteiger partial charge in [-0.2, -0.15) is 0 Å². The Morgan fingerprint density at radius 2 is 2.31 bits per heavy atom. The molecule has 0 unspecified atom stereocenters. The molecule has 0 atom stereocenters. The van der Waals surface area contributed by atoms with Gasteiger partial charge in [0.1, 0.15) is 6.29 Å². The summed E-state index contributed by atoms with van der Waals surface area (Å²) < 4.78 is 0. The molecular formula is C12H16N2OS. The molecule has 0 amide bonds. The number of carbonyl (C=O) groups excluding carboxylic acids is 1. The molecule has 0 saturated heterocycles. The van der Waals surface area contributed by atoms with Crippen molar-refractivity contribution in [2.75, 3.05) is 18.4 Å². The van der Waals surface area contributed by atoms with Crippen LogP contribution in [0.1, 0.15) is 23.7 Å². The summed E-state index contributed by atoms with van der Waals surface area (Å²) >= 11 is 5.19. The van der Waals surface area contributed by atoms with Crippen LogP contribution in [0.3, 0.4) is 0 Å². The lowest BCUT2D eigenvalue weighted by Gasteiger charge is -2.08. The second-order valence-electron chi connectivity index (χ2n) is 3.40. The first-order chi connectivity index (χ1) is 7.76. The van der Waals surface area contributed by atoms with E-state index in [4.69, 9.17) is 12.2 Å². The summed E-state index contributed by atoms with van der Waals surface area (Å²) in [6.45, 7) is 3.88. The molecule has 4 heteroatoms. The van der Waals surface area contributed by atoms with Crippen molar-refractivity contribution in [2.45, 2.75) is 13.3 Å². The van der Waals surface area contributed by atoms with E-state index in [1.165, 1.54) is 0 Å². The van der Waals surface area contributed by atoms with E-state index in [-0.39, 0.29) is 0 Å². The molecule has 1 aromatic carbocycles. The summed E-state index contributed by atoms with van der Waals surface area (Å²) in [5, 5.41) is 6.31. The van der Waals surface area contributed by atoms with E-state index >= 15 is 0 Å². The van der Waals surface area contributed by atoms with Crippen molar-refractivity contribution in [3.05, 3.63) is 29.8 Å². The molecule has 2 N–H and O–H groups in total. The molecule has 0 aromatic heterocycles. The molecule has 0 saturated carbocycles. The van der Waals surface area contributed by atoms with E-state index in [2.05, 4.69) is 17.6 Å². The second-order valence-corrected chi connectivity index (χ2v) is 3.89. The van der Waals surface area contributed by atoms with Crippen LogP contribution in [-0.2, 0) is 0 Å². The average Bonchev–Trinajstić information content (AvgIpc) is 2.29. The van der Waals surface area contributed by atoms with Gasteiger partial charge in [0.2, 0.25) is 0 Å². The van der Waals surface area contributed by atoms with E-state index in [1.807, 2.05) is 12.1 Å². The van der Waals surface area contributed by atoms with Gasteiger partial charge in [-0.15, -0.1) is 0 Å². The van der Waals surface area contributed by atoms with Crippen LogP contribution in [0.4, 0.5) is 5.69 Å². The van der Waals surface area contributed by atoms with Crippen LogP contribution >= 0.6 is 12.2 Å². The van der Waals surface area contributed by atoms with E-state index in [0.29, 0.717) is 5.56 Å². The fraction of sp³-hybridized carbons (Fsp3) is 0.333. The van der Waals surface area contributed by atoms with Crippen molar-refractivity contribution in [2.24, 2.45) is 0 Å². The Hall–Kier alpha value is -1.26. The Labute approximate surface area is 101 Å². The lowest BCUT2D eigenvalue weighted by molar-refractivity contribution is 0.112. The first kappa shape index (κ1) is 12.8. The van der Waals surface area contributed by atoms with Crippen LogP contribution in [0.15, 0.2) is 24.3 Å². The quantitative estimate of drug-likeness (QED) is 0.451. The number of hydrogen-bond acceptors (Lipinski definition) is 3. The van der Waals surface area contributed by atoms with Gasteiger partial charge in [0.25, 0.3) is 0 Å². The summed E-state index contributed by atoms with van der Waals surface area (Å²) in [6, 6.07) is 7.28. The van der Waals surface area contributed by atoms with Gasteiger partial charge in [0, 0.05) is 24.2 Å². The van der Waals surface area contributed by atoms with Crippen molar-refractivity contribution in [3.63, 3.8) is 0 Å². The van der Waals surface area contributed by atoms with Crippen molar-refractivity contribution >= 4 is 29.2 Å². The van der Waals surface area contributed by atoms with Gasteiger partial charge < -0.3 is 10.6 Å². The molecular weight excluding hydrogens is 220 g/mol. The topological polar surface area (TPSA) is 41.1 Å². The zero-order chi connectivity index (χ0) is 11.8.